The highest BCUT2D eigenvalue weighted by Gasteiger charge is 2.46. The maximum atomic E-state index is 12.5. The lowest BCUT2D eigenvalue weighted by Gasteiger charge is -2.37. The Hall–Kier alpha value is -1.98. The summed E-state index contributed by atoms with van der Waals surface area (Å²) in [5.41, 5.74) is -1.20. The summed E-state index contributed by atoms with van der Waals surface area (Å²) in [6.07, 6.45) is -0.995. The van der Waals surface area contributed by atoms with Gasteiger partial charge < -0.3 is 15.3 Å². The van der Waals surface area contributed by atoms with Gasteiger partial charge >= 0.3 is 0 Å². The molecule has 0 aliphatic heterocycles. The number of hydrogen-bond acceptors (Lipinski definition) is 5. The Bertz CT molecular complexity index is 669. The number of phenols is 1. The van der Waals surface area contributed by atoms with E-state index in [1.807, 2.05) is 0 Å². The number of benzene rings is 1. The first kappa shape index (κ1) is 13.0. The summed E-state index contributed by atoms with van der Waals surface area (Å²) in [5, 5.41) is 30.1. The molecule has 2 atom stereocenters. The second-order valence-corrected chi connectivity index (χ2v) is 5.51. The summed E-state index contributed by atoms with van der Waals surface area (Å²) in [7, 11) is 0. The predicted octanol–water partition coefficient (Wildman–Crippen LogP) is 0.973. The van der Waals surface area contributed by atoms with Gasteiger partial charge in [-0.25, -0.2) is 0 Å². The number of fused-ring (bicyclic) bond motifs is 1. The van der Waals surface area contributed by atoms with E-state index in [1.165, 1.54) is 25.1 Å². The zero-order valence-electron chi connectivity index (χ0n) is 10.9. The molecule has 2 aliphatic carbocycles. The number of rotatable bonds is 0. The molecule has 1 aromatic carbocycles. The maximum absolute atomic E-state index is 12.5. The summed E-state index contributed by atoms with van der Waals surface area (Å²) < 4.78 is 0. The van der Waals surface area contributed by atoms with Crippen LogP contribution in [-0.4, -0.2) is 38.6 Å². The first-order chi connectivity index (χ1) is 9.34. The number of carbonyl (C=O) groups is 2. The van der Waals surface area contributed by atoms with Gasteiger partial charge in [0.05, 0.1) is 11.2 Å². The van der Waals surface area contributed by atoms with Gasteiger partial charge in [0.1, 0.15) is 11.9 Å². The number of ketones is 2. The molecule has 2 unspecified atom stereocenters. The van der Waals surface area contributed by atoms with Crippen LogP contribution >= 0.6 is 0 Å². The Labute approximate surface area is 115 Å². The molecule has 0 saturated carbocycles. The molecule has 0 radical (unpaired) electrons. The van der Waals surface area contributed by atoms with Crippen LogP contribution in [0.25, 0.3) is 0 Å². The van der Waals surface area contributed by atoms with Gasteiger partial charge in [-0.05, 0) is 25.8 Å². The Morgan fingerprint density at radius 2 is 1.95 bits per heavy atom. The van der Waals surface area contributed by atoms with Crippen molar-refractivity contribution in [2.75, 3.05) is 0 Å². The molecule has 3 rings (SSSR count). The monoisotopic (exact) mass is 274 g/mol. The molecule has 0 heterocycles. The van der Waals surface area contributed by atoms with Crippen molar-refractivity contribution in [2.24, 2.45) is 0 Å². The highest BCUT2D eigenvalue weighted by Crippen LogP contribution is 2.41. The molecule has 104 valence electrons. The smallest absolute Gasteiger partial charge is 0.193 e. The zero-order valence-corrected chi connectivity index (χ0v) is 10.9. The van der Waals surface area contributed by atoms with Crippen LogP contribution in [0.1, 0.15) is 40.5 Å². The minimum absolute atomic E-state index is 0.00927. The SMILES string of the molecule is CC1(O)CCC2=C(C(=O)c3cccc(O)c3C2=O)C1O. The van der Waals surface area contributed by atoms with Crippen molar-refractivity contribution in [3.63, 3.8) is 0 Å². The molecule has 5 nitrogen and oxygen atoms in total. The van der Waals surface area contributed by atoms with Crippen LogP contribution in [0.4, 0.5) is 0 Å². The standard InChI is InChI=1S/C15H14O5/c1-15(20)6-5-8-11(14(15)19)13(18)7-3-2-4-9(16)10(7)12(8)17/h2-4,14,16,19-20H,5-6H2,1H3. The van der Waals surface area contributed by atoms with Gasteiger partial charge in [-0.15, -0.1) is 0 Å². The highest BCUT2D eigenvalue weighted by atomic mass is 16.3. The zero-order chi connectivity index (χ0) is 14.7. The molecule has 0 spiro atoms. The summed E-state index contributed by atoms with van der Waals surface area (Å²) in [6.45, 7) is 1.44. The van der Waals surface area contributed by atoms with Crippen LogP contribution in [0.15, 0.2) is 29.3 Å². The third-order valence-corrected chi connectivity index (χ3v) is 4.10. The number of hydrogen-bond donors (Lipinski definition) is 3. The second-order valence-electron chi connectivity index (χ2n) is 5.51. The first-order valence-corrected chi connectivity index (χ1v) is 6.39. The van der Waals surface area contributed by atoms with Crippen LogP contribution in [0.2, 0.25) is 0 Å². The molecule has 3 N–H and O–H groups in total. The van der Waals surface area contributed by atoms with Crippen LogP contribution in [-0.2, 0) is 0 Å². The quantitative estimate of drug-likeness (QED) is 0.655. The van der Waals surface area contributed by atoms with Crippen LogP contribution in [0, 0.1) is 0 Å². The van der Waals surface area contributed by atoms with E-state index >= 15 is 0 Å². The summed E-state index contributed by atoms with van der Waals surface area (Å²) in [6, 6.07) is 4.26. The fraction of sp³-hybridized carbons (Fsp3) is 0.333. The van der Waals surface area contributed by atoms with E-state index in [2.05, 4.69) is 0 Å². The van der Waals surface area contributed by atoms with Crippen LogP contribution in [0.3, 0.4) is 0 Å². The Balaban J connectivity index is 2.24. The molecule has 20 heavy (non-hydrogen) atoms. The molecule has 2 aliphatic rings. The molecule has 1 aromatic rings. The molecular weight excluding hydrogens is 260 g/mol. The number of aliphatic hydroxyl groups is 2. The van der Waals surface area contributed by atoms with E-state index in [0.29, 0.717) is 0 Å². The van der Waals surface area contributed by atoms with Crippen molar-refractivity contribution >= 4 is 11.6 Å². The van der Waals surface area contributed by atoms with E-state index in [1.54, 1.807) is 0 Å². The maximum Gasteiger partial charge on any atom is 0.193 e. The average molecular weight is 274 g/mol. The van der Waals surface area contributed by atoms with Gasteiger partial charge in [0.2, 0.25) is 0 Å². The first-order valence-electron chi connectivity index (χ1n) is 6.39. The fourth-order valence-electron chi connectivity index (χ4n) is 2.89. The van der Waals surface area contributed by atoms with Crippen molar-refractivity contribution in [1.29, 1.82) is 0 Å². The van der Waals surface area contributed by atoms with Crippen molar-refractivity contribution in [3.8, 4) is 5.75 Å². The normalized spacial score (nSPS) is 29.2. The fourth-order valence-corrected chi connectivity index (χ4v) is 2.89. The number of allylic oxidation sites excluding steroid dienone is 1. The van der Waals surface area contributed by atoms with Gasteiger partial charge in [-0.2, -0.15) is 0 Å². The van der Waals surface area contributed by atoms with Gasteiger partial charge in [0.25, 0.3) is 0 Å². The number of aliphatic hydroxyl groups excluding tert-OH is 1. The Kier molecular flexibility index (Phi) is 2.61. The largest absolute Gasteiger partial charge is 0.507 e. The predicted molar refractivity (Wildman–Crippen MR) is 69.7 cm³/mol. The van der Waals surface area contributed by atoms with Gasteiger partial charge in [0, 0.05) is 16.7 Å². The summed E-state index contributed by atoms with van der Waals surface area (Å²) in [5.74, 6) is -1.18. The van der Waals surface area contributed by atoms with Crippen molar-refractivity contribution in [1.82, 2.24) is 0 Å². The van der Waals surface area contributed by atoms with Crippen molar-refractivity contribution in [2.45, 2.75) is 31.5 Å². The second kappa shape index (κ2) is 4.01. The van der Waals surface area contributed by atoms with E-state index in [9.17, 15) is 24.9 Å². The lowest BCUT2D eigenvalue weighted by molar-refractivity contribution is -0.0537. The van der Waals surface area contributed by atoms with Gasteiger partial charge in [0.15, 0.2) is 11.6 Å². The third-order valence-electron chi connectivity index (χ3n) is 4.10. The molecular formula is C15H14O5. The lowest BCUT2D eigenvalue weighted by atomic mass is 9.71. The van der Waals surface area contributed by atoms with Crippen LogP contribution in [0.5, 0.6) is 5.75 Å². The topological polar surface area (TPSA) is 94.8 Å². The highest BCUT2D eigenvalue weighted by molar-refractivity contribution is 6.28. The molecule has 0 fully saturated rings. The van der Waals surface area contributed by atoms with E-state index in [-0.39, 0.29) is 40.9 Å². The van der Waals surface area contributed by atoms with Gasteiger partial charge in [-0.3, -0.25) is 9.59 Å². The van der Waals surface area contributed by atoms with Crippen molar-refractivity contribution < 1.29 is 24.9 Å². The third kappa shape index (κ3) is 1.57. The van der Waals surface area contributed by atoms with Gasteiger partial charge in [-0.1, -0.05) is 12.1 Å². The van der Waals surface area contributed by atoms with Crippen LogP contribution < -0.4 is 0 Å². The minimum Gasteiger partial charge on any atom is -0.507 e. The number of phenolic OH excluding ortho intramolecular Hbond substituents is 1. The average Bonchev–Trinajstić information content (AvgIpc) is 2.39. The molecule has 5 heteroatoms. The number of aromatic hydroxyl groups is 1. The summed E-state index contributed by atoms with van der Waals surface area (Å²) in [4.78, 5) is 24.9. The summed E-state index contributed by atoms with van der Waals surface area (Å²) >= 11 is 0. The molecule has 0 bridgehead atoms. The van der Waals surface area contributed by atoms with E-state index in [0.717, 1.165) is 0 Å². The van der Waals surface area contributed by atoms with E-state index in [4.69, 9.17) is 0 Å². The molecule has 0 saturated heterocycles. The lowest BCUT2D eigenvalue weighted by Crippen LogP contribution is -2.47. The van der Waals surface area contributed by atoms with E-state index < -0.39 is 23.3 Å². The minimum atomic E-state index is -1.43. The molecule has 0 amide bonds. The Morgan fingerprint density at radius 1 is 1.25 bits per heavy atom. The van der Waals surface area contributed by atoms with Crippen molar-refractivity contribution in [3.05, 3.63) is 40.5 Å². The number of carbonyl (C=O) groups excluding carboxylic acids is 2. The number of Topliss-reactive ketones (excluding diaryl/α,β-unsaturated/α-hetero) is 2. The molecule has 0 aromatic heterocycles. The Morgan fingerprint density at radius 3 is 2.65 bits per heavy atom.